The molecule has 1 fully saturated rings. The van der Waals surface area contributed by atoms with Crippen LogP contribution in [-0.2, 0) is 15.2 Å². The number of anilines is 1. The molecule has 2 N–H and O–H groups in total. The molecule has 0 saturated carbocycles. The molecule has 1 aliphatic heterocycles. The lowest BCUT2D eigenvalue weighted by Gasteiger charge is -2.25. The Balaban J connectivity index is 1.54. The van der Waals surface area contributed by atoms with Gasteiger partial charge in [0.15, 0.2) is 0 Å². The summed E-state index contributed by atoms with van der Waals surface area (Å²) in [4.78, 5) is 24.5. The summed E-state index contributed by atoms with van der Waals surface area (Å²) < 4.78 is 10.9. The largest absolute Gasteiger partial charge is 0.462 e. The van der Waals surface area contributed by atoms with Crippen LogP contribution in [0.25, 0.3) is 15.4 Å². The van der Waals surface area contributed by atoms with Crippen LogP contribution in [0.4, 0.5) is 11.5 Å². The summed E-state index contributed by atoms with van der Waals surface area (Å²) >= 11 is 2.86. The maximum atomic E-state index is 11.9. The molecule has 0 bridgehead atoms. The molecule has 0 spiro atoms. The van der Waals surface area contributed by atoms with E-state index in [1.807, 2.05) is 17.5 Å². The molecule has 0 aliphatic carbocycles. The first-order valence-electron chi connectivity index (χ1n) is 11.1. The third-order valence-corrected chi connectivity index (χ3v) is 7.43. The quantitative estimate of drug-likeness (QED) is 0.239. The Morgan fingerprint density at radius 1 is 1.37 bits per heavy atom. The van der Waals surface area contributed by atoms with E-state index in [0.717, 1.165) is 35.5 Å². The molecule has 178 valence electrons. The van der Waals surface area contributed by atoms with E-state index in [4.69, 9.17) is 26.8 Å². The number of aromatic nitrogens is 2. The van der Waals surface area contributed by atoms with E-state index in [1.54, 1.807) is 19.1 Å². The Bertz CT molecular complexity index is 1300. The van der Waals surface area contributed by atoms with Crippen LogP contribution in [0, 0.1) is 17.9 Å². The number of thioether (sulfide) groups is 1. The van der Waals surface area contributed by atoms with Crippen LogP contribution in [0.3, 0.4) is 0 Å². The first-order valence-corrected chi connectivity index (χ1v) is 13.0. The Kier molecular flexibility index (Phi) is 7.98. The smallest absolute Gasteiger partial charge is 0.338 e. The van der Waals surface area contributed by atoms with Gasteiger partial charge < -0.3 is 15.2 Å². The normalized spacial score (nSPS) is 15.2. The molecule has 0 amide bonds. The number of ether oxygens (including phenoxy) is 2. The summed E-state index contributed by atoms with van der Waals surface area (Å²) in [7, 11) is 0. The van der Waals surface area contributed by atoms with Crippen molar-refractivity contribution in [3.8, 4) is 16.6 Å². The third kappa shape index (κ3) is 5.46. The minimum Gasteiger partial charge on any atom is -0.462 e. The molecule has 1 aliphatic rings. The standard InChI is InChI=1S/C25H23N5O3S2/c1-3-32-25(31)16-9-7-15(8-10-16)23-29-17(13-34-23)14-35-24-18(12-26)20(19-6-4-5-11-33-19)21(28-2)22(27)30-24/h7-10,13,19H,3-6,11,14H2,1H3,(H2,27,30). The lowest BCUT2D eigenvalue weighted by molar-refractivity contribution is 0.0151. The molecule has 1 atom stereocenters. The molecule has 1 saturated heterocycles. The zero-order valence-corrected chi connectivity index (χ0v) is 20.7. The maximum Gasteiger partial charge on any atom is 0.338 e. The Labute approximate surface area is 211 Å². The minimum atomic E-state index is -0.349. The van der Waals surface area contributed by atoms with Crippen LogP contribution in [0.1, 0.15) is 59.5 Å². The monoisotopic (exact) mass is 505 g/mol. The Morgan fingerprint density at radius 3 is 2.83 bits per heavy atom. The average molecular weight is 506 g/mol. The molecular weight excluding hydrogens is 482 g/mol. The lowest BCUT2D eigenvalue weighted by atomic mass is 9.97. The molecule has 3 aromatic rings. The highest BCUT2D eigenvalue weighted by Crippen LogP contribution is 2.42. The van der Waals surface area contributed by atoms with Crippen molar-refractivity contribution in [1.29, 1.82) is 5.26 Å². The summed E-state index contributed by atoms with van der Waals surface area (Å²) in [6, 6.07) is 9.38. The molecule has 4 rings (SSSR count). The van der Waals surface area contributed by atoms with Crippen molar-refractivity contribution in [2.75, 3.05) is 18.9 Å². The van der Waals surface area contributed by atoms with Crippen molar-refractivity contribution in [3.63, 3.8) is 0 Å². The fraction of sp³-hybridized carbons (Fsp3) is 0.320. The van der Waals surface area contributed by atoms with E-state index in [0.29, 0.717) is 40.7 Å². The number of pyridine rings is 1. The molecule has 1 unspecified atom stereocenters. The van der Waals surface area contributed by atoms with Gasteiger partial charge in [-0.1, -0.05) is 23.9 Å². The van der Waals surface area contributed by atoms with Gasteiger partial charge in [0.2, 0.25) is 5.69 Å². The van der Waals surface area contributed by atoms with Gasteiger partial charge in [-0.15, -0.1) is 11.3 Å². The zero-order valence-electron chi connectivity index (χ0n) is 19.1. The average Bonchev–Trinajstić information content (AvgIpc) is 3.37. The van der Waals surface area contributed by atoms with Crippen LogP contribution in [0.15, 0.2) is 34.7 Å². The van der Waals surface area contributed by atoms with Crippen molar-refractivity contribution in [2.24, 2.45) is 0 Å². The van der Waals surface area contributed by atoms with Gasteiger partial charge in [-0.25, -0.2) is 19.6 Å². The molecule has 8 nitrogen and oxygen atoms in total. The number of carbonyl (C=O) groups excluding carboxylic acids is 1. The minimum absolute atomic E-state index is 0.117. The number of nitrogens with zero attached hydrogens (tertiary/aromatic N) is 4. The topological polar surface area (TPSA) is 115 Å². The number of esters is 1. The number of nitrogens with two attached hydrogens (primary N) is 1. The number of hydrogen-bond donors (Lipinski definition) is 1. The number of benzene rings is 1. The van der Waals surface area contributed by atoms with Crippen LogP contribution in [-0.4, -0.2) is 29.2 Å². The molecular formula is C25H23N5O3S2. The SMILES string of the molecule is [C-]#[N+]c1c(N)nc(SCc2csc(-c3ccc(C(=O)OCC)cc3)n2)c(C#N)c1C1CCCCO1. The van der Waals surface area contributed by atoms with E-state index in [-0.39, 0.29) is 23.6 Å². The van der Waals surface area contributed by atoms with E-state index >= 15 is 0 Å². The van der Waals surface area contributed by atoms with Gasteiger partial charge in [-0.2, -0.15) is 5.26 Å². The summed E-state index contributed by atoms with van der Waals surface area (Å²) in [5, 5.41) is 13.2. The number of nitrogen functional groups attached to an aromatic ring is 1. The van der Waals surface area contributed by atoms with Crippen molar-refractivity contribution >= 4 is 40.6 Å². The highest BCUT2D eigenvalue weighted by atomic mass is 32.2. The lowest BCUT2D eigenvalue weighted by Crippen LogP contribution is -2.14. The van der Waals surface area contributed by atoms with Crippen LogP contribution >= 0.6 is 23.1 Å². The zero-order chi connectivity index (χ0) is 24.8. The fourth-order valence-electron chi connectivity index (χ4n) is 3.81. The molecule has 1 aromatic carbocycles. The van der Waals surface area contributed by atoms with E-state index in [2.05, 4.69) is 15.9 Å². The highest BCUT2D eigenvalue weighted by Gasteiger charge is 2.27. The first kappa shape index (κ1) is 24.7. The highest BCUT2D eigenvalue weighted by molar-refractivity contribution is 7.98. The second-order valence-corrected chi connectivity index (χ2v) is 9.57. The molecule has 10 heteroatoms. The van der Waals surface area contributed by atoms with Gasteiger partial charge in [0.25, 0.3) is 0 Å². The Morgan fingerprint density at radius 2 is 2.17 bits per heavy atom. The van der Waals surface area contributed by atoms with Crippen LogP contribution in [0.2, 0.25) is 0 Å². The fourth-order valence-corrected chi connectivity index (χ4v) is 5.64. The number of nitriles is 1. The predicted octanol–water partition coefficient (Wildman–Crippen LogP) is 5.92. The van der Waals surface area contributed by atoms with E-state index in [1.165, 1.54) is 23.1 Å². The summed E-state index contributed by atoms with van der Waals surface area (Å²) in [6.07, 6.45) is 2.36. The number of rotatable bonds is 7. The third-order valence-electron chi connectivity index (χ3n) is 5.48. The molecule has 35 heavy (non-hydrogen) atoms. The second kappa shape index (κ2) is 11.3. The van der Waals surface area contributed by atoms with Crippen molar-refractivity contribution < 1.29 is 14.3 Å². The van der Waals surface area contributed by atoms with Gasteiger partial charge in [0.1, 0.15) is 21.9 Å². The van der Waals surface area contributed by atoms with Gasteiger partial charge >= 0.3 is 5.97 Å². The number of thiazole rings is 1. The van der Waals surface area contributed by atoms with Crippen molar-refractivity contribution in [1.82, 2.24) is 9.97 Å². The van der Waals surface area contributed by atoms with Gasteiger partial charge in [0.05, 0.1) is 36.1 Å². The first-order chi connectivity index (χ1) is 17.0. The summed E-state index contributed by atoms with van der Waals surface area (Å²) in [6.45, 7) is 10.3. The Hall–Kier alpha value is -3.44. The van der Waals surface area contributed by atoms with Gasteiger partial charge in [-0.3, -0.25) is 0 Å². The van der Waals surface area contributed by atoms with Crippen molar-refractivity contribution in [3.05, 3.63) is 63.4 Å². The van der Waals surface area contributed by atoms with E-state index in [9.17, 15) is 10.1 Å². The van der Waals surface area contributed by atoms with Crippen LogP contribution < -0.4 is 5.73 Å². The van der Waals surface area contributed by atoms with E-state index < -0.39 is 0 Å². The maximum absolute atomic E-state index is 11.9. The molecule has 0 radical (unpaired) electrons. The second-order valence-electron chi connectivity index (χ2n) is 7.75. The van der Waals surface area contributed by atoms with Crippen molar-refractivity contribution in [2.45, 2.75) is 43.1 Å². The summed E-state index contributed by atoms with van der Waals surface area (Å²) in [5.41, 5.74) is 9.46. The molecule has 3 heterocycles. The van der Waals surface area contributed by atoms with Gasteiger partial charge in [0, 0.05) is 28.9 Å². The number of hydrogen-bond acceptors (Lipinski definition) is 9. The summed E-state index contributed by atoms with van der Waals surface area (Å²) in [5.74, 6) is 0.254. The predicted molar refractivity (Wildman–Crippen MR) is 135 cm³/mol. The number of carbonyl (C=O) groups is 1. The molecule has 2 aromatic heterocycles. The van der Waals surface area contributed by atoms with Gasteiger partial charge in [-0.05, 0) is 38.3 Å². The van der Waals surface area contributed by atoms with Crippen LogP contribution in [0.5, 0.6) is 0 Å².